The van der Waals surface area contributed by atoms with Crippen LogP contribution in [0.25, 0.3) is 16.7 Å². The molecule has 0 unspecified atom stereocenters. The number of sulfonamides is 1. The Morgan fingerprint density at radius 1 is 0.879 bits per heavy atom. The van der Waals surface area contributed by atoms with Gasteiger partial charge in [0, 0.05) is 13.1 Å². The van der Waals surface area contributed by atoms with Crippen molar-refractivity contribution in [2.75, 3.05) is 13.1 Å². The number of benzene rings is 3. The van der Waals surface area contributed by atoms with Crippen molar-refractivity contribution in [2.24, 2.45) is 0 Å². The molecule has 0 bridgehead atoms. The highest BCUT2D eigenvalue weighted by Crippen LogP contribution is 2.28. The van der Waals surface area contributed by atoms with Crippen molar-refractivity contribution in [3.05, 3.63) is 102 Å². The molecule has 170 valence electrons. The molecule has 0 aliphatic carbocycles. The van der Waals surface area contributed by atoms with E-state index in [1.165, 1.54) is 9.79 Å². The summed E-state index contributed by atoms with van der Waals surface area (Å²) in [5.41, 5.74) is 6.63. The minimum Gasteiger partial charge on any atom is -0.289 e. The van der Waals surface area contributed by atoms with Crippen LogP contribution in [0.15, 0.2) is 91.0 Å². The molecule has 4 rings (SSSR count). The highest BCUT2D eigenvalue weighted by molar-refractivity contribution is 7.90. The number of hydroxylamine groups is 1. The molecular weight excluding hydrogens is 436 g/mol. The second-order valence-electron chi connectivity index (χ2n) is 7.98. The molecule has 1 aliphatic heterocycles. The number of rotatable bonds is 7. The second-order valence-corrected chi connectivity index (χ2v) is 10.1. The molecule has 2 N–H and O–H groups in total. The standard InChI is InChI=1S/C26H26N2O4S/c29-26(27-30)25(19-20-7-3-1-4-8-20)33(31,32)28-17-15-24(16-18-28)23-13-11-22(12-14-23)21-9-5-2-6-10-21/h1-15,25,30H,16-19H2,(H,27,29)/t25-/m1/s1. The molecule has 0 aromatic heterocycles. The zero-order valence-corrected chi connectivity index (χ0v) is 18.9. The Bertz CT molecular complexity index is 1220. The summed E-state index contributed by atoms with van der Waals surface area (Å²) in [6.45, 7) is 0.459. The lowest BCUT2D eigenvalue weighted by atomic mass is 9.97. The van der Waals surface area contributed by atoms with Gasteiger partial charge in [-0.05, 0) is 40.7 Å². The van der Waals surface area contributed by atoms with Gasteiger partial charge in [-0.15, -0.1) is 0 Å². The topological polar surface area (TPSA) is 86.7 Å². The molecular formula is C26H26N2O4S. The lowest BCUT2D eigenvalue weighted by Crippen LogP contribution is -2.48. The zero-order chi connectivity index (χ0) is 23.3. The Labute approximate surface area is 194 Å². The van der Waals surface area contributed by atoms with Crippen LogP contribution in [0.4, 0.5) is 0 Å². The lowest BCUT2D eigenvalue weighted by Gasteiger charge is -2.29. The molecule has 6 nitrogen and oxygen atoms in total. The molecule has 3 aromatic carbocycles. The Morgan fingerprint density at radius 3 is 2.03 bits per heavy atom. The van der Waals surface area contributed by atoms with Gasteiger partial charge < -0.3 is 0 Å². The number of nitrogens with zero attached hydrogens (tertiary/aromatic N) is 1. The fourth-order valence-electron chi connectivity index (χ4n) is 4.06. The Hall–Kier alpha value is -3.26. The van der Waals surface area contributed by atoms with Crippen molar-refractivity contribution in [3.63, 3.8) is 0 Å². The monoisotopic (exact) mass is 462 g/mol. The highest BCUT2D eigenvalue weighted by Gasteiger charge is 2.38. The van der Waals surface area contributed by atoms with Gasteiger partial charge in [0.1, 0.15) is 0 Å². The van der Waals surface area contributed by atoms with Crippen LogP contribution < -0.4 is 5.48 Å². The average molecular weight is 463 g/mol. The van der Waals surface area contributed by atoms with Crippen LogP contribution in [0.1, 0.15) is 17.5 Å². The first-order valence-corrected chi connectivity index (χ1v) is 12.3. The summed E-state index contributed by atoms with van der Waals surface area (Å²) >= 11 is 0. The molecule has 0 saturated carbocycles. The van der Waals surface area contributed by atoms with E-state index in [-0.39, 0.29) is 19.5 Å². The Kier molecular flexibility index (Phi) is 7.03. The fraction of sp³-hybridized carbons (Fsp3) is 0.192. The summed E-state index contributed by atoms with van der Waals surface area (Å²) < 4.78 is 27.8. The predicted octanol–water partition coefficient (Wildman–Crippen LogP) is 3.89. The number of hydrogen-bond donors (Lipinski definition) is 2. The summed E-state index contributed by atoms with van der Waals surface area (Å²) in [6.07, 6.45) is 2.43. The summed E-state index contributed by atoms with van der Waals surface area (Å²) in [4.78, 5) is 12.3. The maximum Gasteiger partial charge on any atom is 0.263 e. The smallest absolute Gasteiger partial charge is 0.263 e. The second kappa shape index (κ2) is 10.1. The van der Waals surface area contributed by atoms with Crippen molar-refractivity contribution in [2.45, 2.75) is 18.1 Å². The number of carbonyl (C=O) groups is 1. The van der Waals surface area contributed by atoms with Gasteiger partial charge in [-0.2, -0.15) is 4.31 Å². The van der Waals surface area contributed by atoms with E-state index in [0.29, 0.717) is 12.0 Å². The van der Waals surface area contributed by atoms with Gasteiger partial charge in [-0.3, -0.25) is 10.0 Å². The molecule has 0 fully saturated rings. The Morgan fingerprint density at radius 2 is 1.45 bits per heavy atom. The molecule has 1 atom stereocenters. The van der Waals surface area contributed by atoms with Gasteiger partial charge in [0.2, 0.25) is 10.0 Å². The molecule has 1 aliphatic rings. The van der Waals surface area contributed by atoms with Crippen LogP contribution in [0.3, 0.4) is 0 Å². The van der Waals surface area contributed by atoms with E-state index in [0.717, 1.165) is 22.3 Å². The maximum absolute atomic E-state index is 13.3. The number of carbonyl (C=O) groups excluding carboxylic acids is 1. The van der Waals surface area contributed by atoms with Crippen LogP contribution in [0, 0.1) is 0 Å². The first kappa shape index (κ1) is 22.9. The first-order chi connectivity index (χ1) is 16.0. The lowest BCUT2D eigenvalue weighted by molar-refractivity contribution is -0.128. The van der Waals surface area contributed by atoms with Crippen molar-refractivity contribution in [1.29, 1.82) is 0 Å². The minimum absolute atomic E-state index is 0.0103. The summed E-state index contributed by atoms with van der Waals surface area (Å²) in [6, 6.07) is 27.3. The van der Waals surface area contributed by atoms with Gasteiger partial charge >= 0.3 is 0 Å². The average Bonchev–Trinajstić information content (AvgIpc) is 2.88. The third kappa shape index (κ3) is 5.22. The van der Waals surface area contributed by atoms with Crippen LogP contribution >= 0.6 is 0 Å². The van der Waals surface area contributed by atoms with E-state index in [2.05, 4.69) is 36.4 Å². The Balaban J connectivity index is 1.50. The number of nitrogens with one attached hydrogen (secondary N) is 1. The summed E-state index contributed by atoms with van der Waals surface area (Å²) in [5, 5.41) is 7.75. The van der Waals surface area contributed by atoms with Gasteiger partial charge in [0.15, 0.2) is 5.25 Å². The molecule has 0 radical (unpaired) electrons. The minimum atomic E-state index is -3.97. The molecule has 0 saturated heterocycles. The zero-order valence-electron chi connectivity index (χ0n) is 18.1. The van der Waals surface area contributed by atoms with Gasteiger partial charge in [-0.25, -0.2) is 13.9 Å². The van der Waals surface area contributed by atoms with Gasteiger partial charge in [0.25, 0.3) is 5.91 Å². The van der Waals surface area contributed by atoms with Gasteiger partial charge in [0.05, 0.1) is 0 Å². The SMILES string of the molecule is O=C(NO)[C@@H](Cc1ccccc1)S(=O)(=O)N1CC=C(c2ccc(-c3ccccc3)cc2)CC1. The fourth-order valence-corrected chi connectivity index (χ4v) is 5.78. The number of amides is 1. The molecule has 3 aromatic rings. The largest absolute Gasteiger partial charge is 0.289 e. The molecule has 7 heteroatoms. The predicted molar refractivity (Wildman–Crippen MR) is 129 cm³/mol. The third-order valence-electron chi connectivity index (χ3n) is 5.92. The van der Waals surface area contributed by atoms with E-state index in [4.69, 9.17) is 5.21 Å². The van der Waals surface area contributed by atoms with Crippen LogP contribution in [-0.4, -0.2) is 42.2 Å². The summed E-state index contributed by atoms with van der Waals surface area (Å²) in [5.74, 6) is -0.926. The maximum atomic E-state index is 13.3. The first-order valence-electron chi connectivity index (χ1n) is 10.8. The van der Waals surface area contributed by atoms with Crippen molar-refractivity contribution >= 4 is 21.5 Å². The molecule has 1 amide bonds. The normalized spacial score (nSPS) is 15.5. The van der Waals surface area contributed by atoms with Crippen LogP contribution in [0.2, 0.25) is 0 Å². The van der Waals surface area contributed by atoms with Crippen molar-refractivity contribution < 1.29 is 18.4 Å². The van der Waals surface area contributed by atoms with E-state index < -0.39 is 21.2 Å². The molecule has 33 heavy (non-hydrogen) atoms. The van der Waals surface area contributed by atoms with E-state index in [1.807, 2.05) is 30.3 Å². The summed E-state index contributed by atoms with van der Waals surface area (Å²) in [7, 11) is -3.97. The van der Waals surface area contributed by atoms with E-state index >= 15 is 0 Å². The third-order valence-corrected chi connectivity index (χ3v) is 8.07. The van der Waals surface area contributed by atoms with Crippen molar-refractivity contribution in [3.8, 4) is 11.1 Å². The van der Waals surface area contributed by atoms with Crippen molar-refractivity contribution in [1.82, 2.24) is 9.79 Å². The van der Waals surface area contributed by atoms with E-state index in [9.17, 15) is 13.2 Å². The van der Waals surface area contributed by atoms with E-state index in [1.54, 1.807) is 24.3 Å². The van der Waals surface area contributed by atoms with Crippen LogP contribution in [0.5, 0.6) is 0 Å². The van der Waals surface area contributed by atoms with Gasteiger partial charge in [-0.1, -0.05) is 91.0 Å². The molecule has 0 spiro atoms. The quantitative estimate of drug-likeness (QED) is 0.412. The van der Waals surface area contributed by atoms with Crippen LogP contribution in [-0.2, 0) is 21.2 Å². The number of hydrogen-bond acceptors (Lipinski definition) is 4. The highest BCUT2D eigenvalue weighted by atomic mass is 32.2. The molecule has 1 heterocycles.